The van der Waals surface area contributed by atoms with E-state index in [2.05, 4.69) is 20.9 Å². The Morgan fingerprint density at radius 1 is 1.41 bits per heavy atom. The van der Waals surface area contributed by atoms with E-state index < -0.39 is 5.97 Å². The highest BCUT2D eigenvalue weighted by Gasteiger charge is 2.40. The third kappa shape index (κ3) is 1.68. The largest absolute Gasteiger partial charge is 0.476 e. The van der Waals surface area contributed by atoms with Crippen molar-refractivity contribution < 1.29 is 14.7 Å². The number of carbonyl (C=O) groups excluding carboxylic acids is 1. The molecule has 1 fully saturated rings. The summed E-state index contributed by atoms with van der Waals surface area (Å²) in [6.07, 6.45) is 3.11. The Labute approximate surface area is 134 Å². The molecule has 112 valence electrons. The van der Waals surface area contributed by atoms with Gasteiger partial charge >= 0.3 is 5.97 Å². The standard InChI is InChI=1S/C15H12BrN3O3/c16-8-3-1-4-9-11(8)14(20)18-6-2-5-10(18)13-12(15(21)22)17-7-19(9)13/h1,3-4,7,10H,2,5-6H2,(H,21,22). The Balaban J connectivity index is 2.08. The van der Waals surface area contributed by atoms with Gasteiger partial charge in [-0.1, -0.05) is 6.07 Å². The second-order valence-electron chi connectivity index (χ2n) is 5.44. The number of carbonyl (C=O) groups is 2. The number of nitrogens with zero attached hydrogens (tertiary/aromatic N) is 3. The second-order valence-corrected chi connectivity index (χ2v) is 6.30. The molecule has 0 saturated carbocycles. The van der Waals surface area contributed by atoms with E-state index in [1.54, 1.807) is 9.47 Å². The highest BCUT2D eigenvalue weighted by molar-refractivity contribution is 9.10. The number of carboxylic acid groups (broad SMARTS) is 1. The summed E-state index contributed by atoms with van der Waals surface area (Å²) in [4.78, 5) is 30.2. The SMILES string of the molecule is O=C(O)c1ncn2c1C1CCCN1C(=O)c1c(Br)cccc1-2. The number of amides is 1. The zero-order valence-corrected chi connectivity index (χ0v) is 13.1. The second kappa shape index (κ2) is 4.67. The van der Waals surface area contributed by atoms with Crippen molar-refractivity contribution >= 4 is 27.8 Å². The molecule has 1 saturated heterocycles. The molecule has 1 N–H and O–H groups in total. The van der Waals surface area contributed by atoms with Crippen molar-refractivity contribution in [3.63, 3.8) is 0 Å². The normalized spacial score (nSPS) is 19.4. The highest BCUT2D eigenvalue weighted by atomic mass is 79.9. The molecule has 0 bridgehead atoms. The van der Waals surface area contributed by atoms with Crippen LogP contribution in [0.25, 0.3) is 5.69 Å². The van der Waals surface area contributed by atoms with Crippen molar-refractivity contribution in [2.75, 3.05) is 6.54 Å². The molecule has 0 spiro atoms. The molecular weight excluding hydrogens is 350 g/mol. The van der Waals surface area contributed by atoms with Crippen LogP contribution in [0.4, 0.5) is 0 Å². The molecule has 7 heteroatoms. The van der Waals surface area contributed by atoms with Crippen molar-refractivity contribution in [1.29, 1.82) is 0 Å². The van der Waals surface area contributed by atoms with Gasteiger partial charge in [-0.15, -0.1) is 0 Å². The van der Waals surface area contributed by atoms with E-state index in [9.17, 15) is 14.7 Å². The zero-order chi connectivity index (χ0) is 15.4. The van der Waals surface area contributed by atoms with E-state index in [0.29, 0.717) is 28.0 Å². The number of halogens is 1. The molecule has 1 unspecified atom stereocenters. The van der Waals surface area contributed by atoms with E-state index >= 15 is 0 Å². The van der Waals surface area contributed by atoms with Crippen LogP contribution in [0.2, 0.25) is 0 Å². The molecule has 3 heterocycles. The third-order valence-corrected chi connectivity index (χ3v) is 4.96. The van der Waals surface area contributed by atoms with E-state index in [4.69, 9.17) is 0 Å². The molecule has 4 rings (SSSR count). The van der Waals surface area contributed by atoms with E-state index in [1.165, 1.54) is 6.33 Å². The lowest BCUT2D eigenvalue weighted by Crippen LogP contribution is -2.30. The van der Waals surface area contributed by atoms with E-state index in [-0.39, 0.29) is 17.6 Å². The highest BCUT2D eigenvalue weighted by Crippen LogP contribution is 2.41. The van der Waals surface area contributed by atoms with Crippen LogP contribution in [0.3, 0.4) is 0 Å². The fourth-order valence-corrected chi connectivity index (χ4v) is 3.92. The minimum absolute atomic E-state index is 0.0255. The summed E-state index contributed by atoms with van der Waals surface area (Å²) < 4.78 is 2.45. The summed E-state index contributed by atoms with van der Waals surface area (Å²) in [5.41, 5.74) is 1.85. The maximum atomic E-state index is 12.9. The maximum Gasteiger partial charge on any atom is 0.356 e. The fraction of sp³-hybridized carbons (Fsp3) is 0.267. The summed E-state index contributed by atoms with van der Waals surface area (Å²) in [6.45, 7) is 0.633. The van der Waals surface area contributed by atoms with E-state index in [0.717, 1.165) is 12.8 Å². The number of benzene rings is 1. The molecule has 1 amide bonds. The van der Waals surface area contributed by atoms with Gasteiger partial charge in [-0.25, -0.2) is 9.78 Å². The van der Waals surface area contributed by atoms with Crippen molar-refractivity contribution in [3.8, 4) is 5.69 Å². The minimum Gasteiger partial charge on any atom is -0.476 e. The molecule has 0 radical (unpaired) electrons. The first kappa shape index (κ1) is 13.5. The number of hydrogen-bond donors (Lipinski definition) is 1. The lowest BCUT2D eigenvalue weighted by Gasteiger charge is -2.22. The van der Waals surface area contributed by atoms with Crippen LogP contribution in [-0.2, 0) is 0 Å². The van der Waals surface area contributed by atoms with Crippen molar-refractivity contribution in [2.24, 2.45) is 0 Å². The number of imidazole rings is 1. The van der Waals surface area contributed by atoms with Gasteiger partial charge in [-0.3, -0.25) is 9.36 Å². The monoisotopic (exact) mass is 361 g/mol. The average Bonchev–Trinajstić information content (AvgIpc) is 3.10. The molecular formula is C15H12BrN3O3. The number of aromatic nitrogens is 2. The van der Waals surface area contributed by atoms with Gasteiger partial charge in [0.15, 0.2) is 5.69 Å². The van der Waals surface area contributed by atoms with Crippen LogP contribution in [0.15, 0.2) is 29.0 Å². The summed E-state index contributed by atoms with van der Waals surface area (Å²) in [7, 11) is 0. The number of fused-ring (bicyclic) bond motifs is 5. The molecule has 1 atom stereocenters. The number of rotatable bonds is 1. The molecule has 2 aromatic rings. The Bertz CT molecular complexity index is 814. The van der Waals surface area contributed by atoms with Crippen LogP contribution >= 0.6 is 15.9 Å². The number of carboxylic acids is 1. The van der Waals surface area contributed by atoms with Crippen LogP contribution in [0.1, 0.15) is 45.4 Å². The fourth-order valence-electron chi connectivity index (χ4n) is 3.40. The van der Waals surface area contributed by atoms with Gasteiger partial charge in [0.05, 0.1) is 23.0 Å². The van der Waals surface area contributed by atoms with Crippen LogP contribution in [0, 0.1) is 0 Å². The quantitative estimate of drug-likeness (QED) is 0.846. The molecule has 22 heavy (non-hydrogen) atoms. The lowest BCUT2D eigenvalue weighted by molar-refractivity contribution is 0.0673. The summed E-state index contributed by atoms with van der Waals surface area (Å²) in [5.74, 6) is -1.13. The number of aromatic carboxylic acids is 1. The van der Waals surface area contributed by atoms with Gasteiger partial charge in [0.25, 0.3) is 5.91 Å². The van der Waals surface area contributed by atoms with Gasteiger partial charge in [0.1, 0.15) is 6.33 Å². The first-order valence-electron chi connectivity index (χ1n) is 7.00. The average molecular weight is 362 g/mol. The van der Waals surface area contributed by atoms with Gasteiger partial charge in [0.2, 0.25) is 0 Å². The predicted octanol–water partition coefficient (Wildman–Crippen LogP) is 2.62. The summed E-state index contributed by atoms with van der Waals surface area (Å²) in [5, 5.41) is 9.42. The van der Waals surface area contributed by atoms with Crippen LogP contribution in [0.5, 0.6) is 0 Å². The van der Waals surface area contributed by atoms with Crippen molar-refractivity contribution in [3.05, 3.63) is 46.0 Å². The summed E-state index contributed by atoms with van der Waals surface area (Å²) >= 11 is 3.44. The topological polar surface area (TPSA) is 75.4 Å². The van der Waals surface area contributed by atoms with Crippen molar-refractivity contribution in [1.82, 2.24) is 14.5 Å². The Kier molecular flexibility index (Phi) is 2.87. The predicted molar refractivity (Wildman–Crippen MR) is 81.2 cm³/mol. The molecule has 2 aliphatic heterocycles. The van der Waals surface area contributed by atoms with E-state index in [1.807, 2.05) is 18.2 Å². The Morgan fingerprint density at radius 3 is 3.00 bits per heavy atom. The van der Waals surface area contributed by atoms with Gasteiger partial charge in [-0.2, -0.15) is 0 Å². The molecule has 6 nitrogen and oxygen atoms in total. The molecule has 2 aliphatic rings. The first-order valence-corrected chi connectivity index (χ1v) is 7.79. The Morgan fingerprint density at radius 2 is 2.23 bits per heavy atom. The number of hydrogen-bond acceptors (Lipinski definition) is 3. The van der Waals surface area contributed by atoms with Gasteiger partial charge in [0, 0.05) is 11.0 Å². The van der Waals surface area contributed by atoms with Crippen LogP contribution in [-0.4, -0.2) is 38.0 Å². The molecule has 1 aromatic carbocycles. The zero-order valence-electron chi connectivity index (χ0n) is 11.5. The molecule has 0 aliphatic carbocycles. The first-order chi connectivity index (χ1) is 10.6. The minimum atomic E-state index is -1.06. The van der Waals surface area contributed by atoms with Crippen molar-refractivity contribution in [2.45, 2.75) is 18.9 Å². The lowest BCUT2D eigenvalue weighted by atomic mass is 10.1. The molecule has 1 aromatic heterocycles. The van der Waals surface area contributed by atoms with Gasteiger partial charge in [-0.05, 0) is 40.9 Å². The Hall–Kier alpha value is -2.15. The maximum absolute atomic E-state index is 12.9. The smallest absolute Gasteiger partial charge is 0.356 e. The third-order valence-electron chi connectivity index (χ3n) is 4.30. The van der Waals surface area contributed by atoms with Gasteiger partial charge < -0.3 is 10.0 Å². The van der Waals surface area contributed by atoms with Crippen LogP contribution < -0.4 is 0 Å². The summed E-state index contributed by atoms with van der Waals surface area (Å²) in [6, 6.07) is 5.23.